The van der Waals surface area contributed by atoms with Crippen molar-refractivity contribution in [2.24, 2.45) is 5.92 Å². The molecular formula is C19H22ClFN2O3S. The number of halogens is 2. The topological polar surface area (TPSA) is 66.5 Å². The molecule has 0 spiro atoms. The highest BCUT2D eigenvalue weighted by Gasteiger charge is 2.31. The lowest BCUT2D eigenvalue weighted by Crippen LogP contribution is -2.50. The number of carbonyl (C=O) groups is 1. The zero-order valence-electron chi connectivity index (χ0n) is 15.3. The van der Waals surface area contributed by atoms with E-state index in [1.807, 2.05) is 6.07 Å². The number of hydrogen-bond donors (Lipinski definition) is 1. The molecule has 0 saturated carbocycles. The normalized spacial score (nSPS) is 12.8. The second-order valence-electron chi connectivity index (χ2n) is 6.60. The minimum atomic E-state index is -4.19. The number of nitrogens with zero attached hydrogens (tertiary/aromatic N) is 1. The lowest BCUT2D eigenvalue weighted by molar-refractivity contribution is -0.133. The second kappa shape index (κ2) is 8.82. The van der Waals surface area contributed by atoms with Gasteiger partial charge in [-0.3, -0.25) is 4.79 Å². The molecule has 1 amide bonds. The van der Waals surface area contributed by atoms with E-state index in [0.717, 1.165) is 17.7 Å². The van der Waals surface area contributed by atoms with Crippen LogP contribution in [0.2, 0.25) is 5.02 Å². The van der Waals surface area contributed by atoms with Crippen LogP contribution < -0.4 is 4.72 Å². The molecule has 0 fully saturated rings. The molecular weight excluding hydrogens is 391 g/mol. The molecule has 0 aromatic heterocycles. The van der Waals surface area contributed by atoms with Gasteiger partial charge < -0.3 is 4.90 Å². The van der Waals surface area contributed by atoms with E-state index in [0.29, 0.717) is 5.02 Å². The predicted octanol–water partition coefficient (Wildman–Crippen LogP) is 3.44. The molecule has 1 N–H and O–H groups in total. The lowest BCUT2D eigenvalue weighted by Gasteiger charge is -2.27. The van der Waals surface area contributed by atoms with Crippen LogP contribution in [0.25, 0.3) is 0 Å². The molecule has 0 aliphatic rings. The van der Waals surface area contributed by atoms with Crippen molar-refractivity contribution < 1.29 is 17.6 Å². The molecule has 0 heterocycles. The van der Waals surface area contributed by atoms with Crippen LogP contribution in [0, 0.1) is 11.7 Å². The second-order valence-corrected chi connectivity index (χ2v) is 8.72. The van der Waals surface area contributed by atoms with Crippen molar-refractivity contribution in [1.82, 2.24) is 9.62 Å². The third-order valence-corrected chi connectivity index (χ3v) is 5.74. The Kier molecular flexibility index (Phi) is 6.97. The van der Waals surface area contributed by atoms with Crippen molar-refractivity contribution in [2.45, 2.75) is 31.3 Å². The SMILES string of the molecule is CC(C)C(NS(=O)(=O)c1ccccc1F)C(=O)N(C)Cc1cccc(Cl)c1. The Morgan fingerprint density at radius 2 is 1.85 bits per heavy atom. The number of nitrogens with one attached hydrogen (secondary N) is 1. The summed E-state index contributed by atoms with van der Waals surface area (Å²) in [5.41, 5.74) is 0.817. The highest BCUT2D eigenvalue weighted by molar-refractivity contribution is 7.89. The van der Waals surface area contributed by atoms with Gasteiger partial charge in [0.25, 0.3) is 0 Å². The third kappa shape index (κ3) is 5.51. The summed E-state index contributed by atoms with van der Waals surface area (Å²) in [6.07, 6.45) is 0. The number of carbonyl (C=O) groups excluding carboxylic acids is 1. The summed E-state index contributed by atoms with van der Waals surface area (Å²) in [6.45, 7) is 3.71. The first-order valence-corrected chi connectivity index (χ1v) is 10.2. The van der Waals surface area contributed by atoms with Crippen LogP contribution >= 0.6 is 11.6 Å². The fraction of sp³-hybridized carbons (Fsp3) is 0.316. The van der Waals surface area contributed by atoms with E-state index in [9.17, 15) is 17.6 Å². The van der Waals surface area contributed by atoms with Crippen molar-refractivity contribution in [1.29, 1.82) is 0 Å². The van der Waals surface area contributed by atoms with Gasteiger partial charge in [0.2, 0.25) is 15.9 Å². The maximum atomic E-state index is 13.9. The van der Waals surface area contributed by atoms with Crippen LogP contribution in [0.5, 0.6) is 0 Å². The van der Waals surface area contributed by atoms with Crippen LogP contribution in [0.1, 0.15) is 19.4 Å². The van der Waals surface area contributed by atoms with Crippen LogP contribution in [0.15, 0.2) is 53.4 Å². The van der Waals surface area contributed by atoms with Gasteiger partial charge in [-0.25, -0.2) is 12.8 Å². The molecule has 8 heteroatoms. The molecule has 1 atom stereocenters. The Balaban J connectivity index is 2.21. The van der Waals surface area contributed by atoms with Gasteiger partial charge in [0.15, 0.2) is 0 Å². The summed E-state index contributed by atoms with van der Waals surface area (Å²) in [5, 5.41) is 0.550. The Bertz CT molecular complexity index is 919. The average molecular weight is 413 g/mol. The molecule has 5 nitrogen and oxygen atoms in total. The number of likely N-dealkylation sites (N-methyl/N-ethyl adjacent to an activating group) is 1. The molecule has 2 aromatic rings. The molecule has 1 unspecified atom stereocenters. The molecule has 2 aromatic carbocycles. The molecule has 2 rings (SSSR count). The Hall–Kier alpha value is -1.96. The Labute approximate surface area is 164 Å². The molecule has 0 aliphatic carbocycles. The third-order valence-electron chi connectivity index (χ3n) is 4.03. The van der Waals surface area contributed by atoms with Gasteiger partial charge in [-0.2, -0.15) is 4.72 Å². The van der Waals surface area contributed by atoms with E-state index in [1.54, 1.807) is 39.1 Å². The van der Waals surface area contributed by atoms with E-state index < -0.39 is 32.7 Å². The maximum Gasteiger partial charge on any atom is 0.244 e. The van der Waals surface area contributed by atoms with Crippen LogP contribution in [0.3, 0.4) is 0 Å². The minimum Gasteiger partial charge on any atom is -0.340 e. The number of rotatable bonds is 7. The number of sulfonamides is 1. The number of amides is 1. The van der Waals surface area contributed by atoms with Crippen LogP contribution in [-0.2, 0) is 21.4 Å². The average Bonchev–Trinajstić information content (AvgIpc) is 2.59. The summed E-state index contributed by atoms with van der Waals surface area (Å²) < 4.78 is 41.4. The van der Waals surface area contributed by atoms with Crippen molar-refractivity contribution in [3.63, 3.8) is 0 Å². The largest absolute Gasteiger partial charge is 0.340 e. The van der Waals surface area contributed by atoms with Gasteiger partial charge in [0.1, 0.15) is 16.8 Å². The zero-order chi connectivity index (χ0) is 20.2. The molecule has 146 valence electrons. The van der Waals surface area contributed by atoms with Crippen molar-refractivity contribution in [2.75, 3.05) is 7.05 Å². The predicted molar refractivity (Wildman–Crippen MR) is 103 cm³/mol. The zero-order valence-corrected chi connectivity index (χ0v) is 16.9. The number of benzene rings is 2. The standard InChI is InChI=1S/C19H22ClFN2O3S/c1-13(2)18(22-27(25,26)17-10-5-4-9-16(17)21)19(24)23(3)12-14-7-6-8-15(20)11-14/h4-11,13,18,22H,12H2,1-3H3. The smallest absolute Gasteiger partial charge is 0.244 e. The van der Waals surface area contributed by atoms with Crippen LogP contribution in [0.4, 0.5) is 4.39 Å². The first-order valence-electron chi connectivity index (χ1n) is 8.38. The minimum absolute atomic E-state index is 0.268. The van der Waals surface area contributed by atoms with E-state index in [2.05, 4.69) is 4.72 Å². The first-order chi connectivity index (χ1) is 12.6. The van der Waals surface area contributed by atoms with Crippen LogP contribution in [-0.4, -0.2) is 32.3 Å². The van der Waals surface area contributed by atoms with Gasteiger partial charge in [0.05, 0.1) is 0 Å². The quantitative estimate of drug-likeness (QED) is 0.757. The van der Waals surface area contributed by atoms with Crippen molar-refractivity contribution in [3.05, 3.63) is 64.9 Å². The molecule has 0 radical (unpaired) electrons. The fourth-order valence-corrected chi connectivity index (χ4v) is 4.22. The van der Waals surface area contributed by atoms with E-state index in [4.69, 9.17) is 11.6 Å². The Morgan fingerprint density at radius 3 is 2.44 bits per heavy atom. The maximum absolute atomic E-state index is 13.9. The lowest BCUT2D eigenvalue weighted by atomic mass is 10.0. The fourth-order valence-electron chi connectivity index (χ4n) is 2.59. The molecule has 0 saturated heterocycles. The van der Waals surface area contributed by atoms with E-state index >= 15 is 0 Å². The number of hydrogen-bond acceptors (Lipinski definition) is 3. The van der Waals surface area contributed by atoms with Gasteiger partial charge in [-0.15, -0.1) is 0 Å². The summed E-state index contributed by atoms with van der Waals surface area (Å²) in [5.74, 6) is -1.61. The highest BCUT2D eigenvalue weighted by Crippen LogP contribution is 2.17. The monoisotopic (exact) mass is 412 g/mol. The van der Waals surface area contributed by atoms with Gasteiger partial charge in [-0.05, 0) is 35.7 Å². The van der Waals surface area contributed by atoms with Gasteiger partial charge in [0, 0.05) is 18.6 Å². The van der Waals surface area contributed by atoms with Crippen molar-refractivity contribution in [3.8, 4) is 0 Å². The molecule has 27 heavy (non-hydrogen) atoms. The summed E-state index contributed by atoms with van der Waals surface area (Å²) in [4.78, 5) is 13.8. The van der Waals surface area contributed by atoms with E-state index in [1.165, 1.54) is 17.0 Å². The highest BCUT2D eigenvalue weighted by atomic mass is 35.5. The van der Waals surface area contributed by atoms with Crippen molar-refractivity contribution >= 4 is 27.5 Å². The summed E-state index contributed by atoms with van der Waals surface area (Å²) in [6, 6.07) is 11.1. The summed E-state index contributed by atoms with van der Waals surface area (Å²) in [7, 11) is -2.61. The summed E-state index contributed by atoms with van der Waals surface area (Å²) >= 11 is 5.96. The van der Waals surface area contributed by atoms with E-state index in [-0.39, 0.29) is 12.5 Å². The first kappa shape index (κ1) is 21.3. The van der Waals surface area contributed by atoms with Gasteiger partial charge in [-0.1, -0.05) is 49.7 Å². The Morgan fingerprint density at radius 1 is 1.19 bits per heavy atom. The molecule has 0 bridgehead atoms. The van der Waals surface area contributed by atoms with Gasteiger partial charge >= 0.3 is 0 Å². The molecule has 0 aliphatic heterocycles.